The van der Waals surface area contributed by atoms with Crippen molar-refractivity contribution in [1.29, 1.82) is 0 Å². The van der Waals surface area contributed by atoms with Crippen LogP contribution in [0.4, 0.5) is 0 Å². The maximum atomic E-state index is 5.47. The third kappa shape index (κ3) is 1.51. The van der Waals surface area contributed by atoms with Crippen molar-refractivity contribution < 1.29 is 4.42 Å². The quantitative estimate of drug-likeness (QED) is 0.870. The van der Waals surface area contributed by atoms with Crippen molar-refractivity contribution in [2.45, 2.75) is 12.5 Å². The Morgan fingerprint density at radius 1 is 1.56 bits per heavy atom. The number of halogens is 1. The lowest BCUT2D eigenvalue weighted by atomic mass is 9.97. The molecule has 1 unspecified atom stereocenters. The van der Waals surface area contributed by atoms with Crippen molar-refractivity contribution >= 4 is 15.9 Å². The van der Waals surface area contributed by atoms with E-state index in [2.05, 4.69) is 26.3 Å². The molecule has 0 saturated carbocycles. The number of hydrogen-bond acceptors (Lipinski definition) is 3. The third-order valence-corrected chi connectivity index (χ3v) is 3.53. The van der Waals surface area contributed by atoms with Gasteiger partial charge in [0.05, 0.1) is 12.3 Å². The summed E-state index contributed by atoms with van der Waals surface area (Å²) in [5.41, 5.74) is 2.38. The molecular weight excluding hydrogens is 270 g/mol. The normalized spacial score (nSPS) is 19.8. The molecule has 1 aliphatic heterocycles. The topological polar surface area (TPSA) is 43.0 Å². The van der Waals surface area contributed by atoms with Gasteiger partial charge in [-0.25, -0.2) is 0 Å². The minimum absolute atomic E-state index is 0.186. The van der Waals surface area contributed by atoms with Crippen LogP contribution in [0.15, 0.2) is 27.5 Å². The summed E-state index contributed by atoms with van der Waals surface area (Å²) in [6, 6.07) is 2.22. The molecule has 0 saturated heterocycles. The molecular formula is C11H12BrN3O. The first-order valence-electron chi connectivity index (χ1n) is 5.24. The summed E-state index contributed by atoms with van der Waals surface area (Å²) in [7, 11) is 1.92. The molecule has 3 heterocycles. The summed E-state index contributed by atoms with van der Waals surface area (Å²) in [5, 5.41) is 7.79. The van der Waals surface area contributed by atoms with Gasteiger partial charge in [-0.2, -0.15) is 5.10 Å². The van der Waals surface area contributed by atoms with Crippen molar-refractivity contribution in [2.75, 3.05) is 6.54 Å². The van der Waals surface area contributed by atoms with Crippen molar-refractivity contribution in [1.82, 2.24) is 15.1 Å². The Bertz CT molecular complexity index is 517. The van der Waals surface area contributed by atoms with E-state index < -0.39 is 0 Å². The van der Waals surface area contributed by atoms with Gasteiger partial charge in [0.25, 0.3) is 0 Å². The number of hydrogen-bond donors (Lipinski definition) is 1. The highest BCUT2D eigenvalue weighted by molar-refractivity contribution is 9.10. The Balaban J connectivity index is 2.07. The van der Waals surface area contributed by atoms with Crippen LogP contribution in [-0.2, 0) is 13.5 Å². The van der Waals surface area contributed by atoms with Crippen LogP contribution in [0.2, 0.25) is 0 Å². The molecule has 0 fully saturated rings. The Kier molecular flexibility index (Phi) is 2.37. The van der Waals surface area contributed by atoms with Crippen LogP contribution < -0.4 is 5.32 Å². The molecule has 2 aromatic rings. The van der Waals surface area contributed by atoms with Gasteiger partial charge in [-0.1, -0.05) is 0 Å². The maximum absolute atomic E-state index is 5.47. The molecule has 0 spiro atoms. The molecule has 0 amide bonds. The van der Waals surface area contributed by atoms with Gasteiger partial charge in [-0.15, -0.1) is 0 Å². The maximum Gasteiger partial charge on any atom is 0.133 e. The van der Waals surface area contributed by atoms with Gasteiger partial charge in [-0.3, -0.25) is 4.68 Å². The number of nitrogens with one attached hydrogen (secondary N) is 1. The van der Waals surface area contributed by atoms with E-state index in [9.17, 15) is 0 Å². The van der Waals surface area contributed by atoms with Crippen LogP contribution >= 0.6 is 15.9 Å². The predicted octanol–water partition coefficient (Wildman–Crippen LogP) is 2.01. The van der Waals surface area contributed by atoms with Crippen LogP contribution in [0.3, 0.4) is 0 Å². The van der Waals surface area contributed by atoms with Crippen LogP contribution in [-0.4, -0.2) is 16.3 Å². The summed E-state index contributed by atoms with van der Waals surface area (Å²) in [4.78, 5) is 0. The highest BCUT2D eigenvalue weighted by Gasteiger charge is 2.26. The van der Waals surface area contributed by atoms with Gasteiger partial charge in [0, 0.05) is 37.3 Å². The van der Waals surface area contributed by atoms with Gasteiger partial charge in [0.2, 0.25) is 0 Å². The van der Waals surface area contributed by atoms with Crippen LogP contribution in [0, 0.1) is 0 Å². The first-order chi connectivity index (χ1) is 7.75. The summed E-state index contributed by atoms with van der Waals surface area (Å²) >= 11 is 3.49. The average molecular weight is 282 g/mol. The zero-order valence-corrected chi connectivity index (χ0v) is 10.5. The van der Waals surface area contributed by atoms with E-state index >= 15 is 0 Å². The Labute approximate surface area is 102 Å². The number of aryl methyl sites for hydroxylation is 1. The fraction of sp³-hybridized carbons (Fsp3) is 0.364. The van der Waals surface area contributed by atoms with Crippen molar-refractivity contribution in [2.24, 2.45) is 7.05 Å². The largest absolute Gasteiger partial charge is 0.469 e. The SMILES string of the molecule is Cn1cc(C2NCCc3occc32)c(Br)n1. The molecule has 1 atom stereocenters. The van der Waals surface area contributed by atoms with Crippen LogP contribution in [0.25, 0.3) is 0 Å². The summed E-state index contributed by atoms with van der Waals surface area (Å²) < 4.78 is 8.18. The molecule has 0 bridgehead atoms. The fourth-order valence-electron chi connectivity index (χ4n) is 2.20. The van der Waals surface area contributed by atoms with E-state index in [4.69, 9.17) is 4.42 Å². The molecule has 0 aromatic carbocycles. The molecule has 16 heavy (non-hydrogen) atoms. The minimum Gasteiger partial charge on any atom is -0.469 e. The van der Waals surface area contributed by atoms with E-state index in [1.54, 1.807) is 6.26 Å². The van der Waals surface area contributed by atoms with Gasteiger partial charge in [0.1, 0.15) is 10.4 Å². The highest BCUT2D eigenvalue weighted by Crippen LogP contribution is 2.32. The van der Waals surface area contributed by atoms with E-state index in [1.807, 2.05) is 24.0 Å². The number of furan rings is 1. The van der Waals surface area contributed by atoms with Gasteiger partial charge in [-0.05, 0) is 22.0 Å². The number of fused-ring (bicyclic) bond motifs is 1. The molecule has 4 nitrogen and oxygen atoms in total. The summed E-state index contributed by atoms with van der Waals surface area (Å²) in [6.45, 7) is 0.937. The van der Waals surface area contributed by atoms with Gasteiger partial charge >= 0.3 is 0 Å². The summed E-state index contributed by atoms with van der Waals surface area (Å²) in [6.07, 6.45) is 4.75. The number of aromatic nitrogens is 2. The molecule has 0 radical (unpaired) electrons. The Morgan fingerprint density at radius 2 is 2.44 bits per heavy atom. The molecule has 5 heteroatoms. The second-order valence-electron chi connectivity index (χ2n) is 3.99. The molecule has 2 aromatic heterocycles. The van der Waals surface area contributed by atoms with Crippen molar-refractivity contribution in [3.8, 4) is 0 Å². The lowest BCUT2D eigenvalue weighted by Gasteiger charge is -2.22. The molecule has 1 aliphatic rings. The lowest BCUT2D eigenvalue weighted by molar-refractivity contribution is 0.455. The third-order valence-electron chi connectivity index (χ3n) is 2.91. The van der Waals surface area contributed by atoms with Gasteiger partial charge in [0.15, 0.2) is 0 Å². The zero-order valence-electron chi connectivity index (χ0n) is 8.90. The molecule has 3 rings (SSSR count). The first-order valence-corrected chi connectivity index (χ1v) is 6.03. The second kappa shape index (κ2) is 3.75. The average Bonchev–Trinajstić information content (AvgIpc) is 2.84. The molecule has 84 valence electrons. The smallest absolute Gasteiger partial charge is 0.133 e. The van der Waals surface area contributed by atoms with Gasteiger partial charge < -0.3 is 9.73 Å². The highest BCUT2D eigenvalue weighted by atomic mass is 79.9. The summed E-state index contributed by atoms with van der Waals surface area (Å²) in [5.74, 6) is 1.08. The minimum atomic E-state index is 0.186. The van der Waals surface area contributed by atoms with E-state index in [0.717, 1.165) is 28.9 Å². The number of nitrogens with zero attached hydrogens (tertiary/aromatic N) is 2. The van der Waals surface area contributed by atoms with Crippen molar-refractivity contribution in [3.63, 3.8) is 0 Å². The second-order valence-corrected chi connectivity index (χ2v) is 4.74. The fourth-order valence-corrected chi connectivity index (χ4v) is 2.78. The predicted molar refractivity (Wildman–Crippen MR) is 63.2 cm³/mol. The Hall–Kier alpha value is -1.07. The van der Waals surface area contributed by atoms with E-state index in [1.165, 1.54) is 5.56 Å². The Morgan fingerprint density at radius 3 is 3.19 bits per heavy atom. The molecule has 0 aliphatic carbocycles. The van der Waals surface area contributed by atoms with Crippen molar-refractivity contribution in [3.05, 3.63) is 40.0 Å². The first kappa shape index (κ1) is 10.1. The van der Waals surface area contributed by atoms with E-state index in [0.29, 0.717) is 0 Å². The number of rotatable bonds is 1. The zero-order chi connectivity index (χ0) is 11.1. The van der Waals surface area contributed by atoms with Crippen LogP contribution in [0.5, 0.6) is 0 Å². The lowest BCUT2D eigenvalue weighted by Crippen LogP contribution is -2.29. The van der Waals surface area contributed by atoms with Crippen LogP contribution in [0.1, 0.15) is 22.9 Å². The standard InChI is InChI=1S/C11H12BrN3O/c1-15-6-8(11(12)14-15)10-7-3-5-16-9(7)2-4-13-10/h3,5-6,10,13H,2,4H2,1H3. The van der Waals surface area contributed by atoms with E-state index in [-0.39, 0.29) is 6.04 Å². The monoisotopic (exact) mass is 281 g/mol. The molecule has 1 N–H and O–H groups in total.